The topological polar surface area (TPSA) is 72.5 Å². The fraction of sp³-hybridized carbons (Fsp3) is 0.278. The van der Waals surface area contributed by atoms with Crippen LogP contribution in [0.1, 0.15) is 30.5 Å². The molecule has 2 aromatic rings. The first-order valence-corrected chi connectivity index (χ1v) is 9.20. The van der Waals surface area contributed by atoms with Crippen molar-refractivity contribution in [1.82, 2.24) is 4.72 Å². The van der Waals surface area contributed by atoms with E-state index < -0.39 is 22.0 Å². The van der Waals surface area contributed by atoms with Crippen LogP contribution in [0.25, 0.3) is 0 Å². The average Bonchev–Trinajstić information content (AvgIpc) is 2.56. The first kappa shape index (κ1) is 18.2. The molecule has 1 N–H and O–H groups in total. The molecule has 2 aromatic carbocycles. The smallest absolute Gasteiger partial charge is 0.307 e. The molecule has 128 valence electrons. The zero-order chi connectivity index (χ0) is 17.6. The van der Waals surface area contributed by atoms with Gasteiger partial charge in [0.2, 0.25) is 10.0 Å². The van der Waals surface area contributed by atoms with Gasteiger partial charge in [-0.3, -0.25) is 4.79 Å². The van der Waals surface area contributed by atoms with Crippen molar-refractivity contribution in [2.24, 2.45) is 0 Å². The lowest BCUT2D eigenvalue weighted by atomic mass is 10.0. The number of esters is 1. The van der Waals surface area contributed by atoms with Crippen molar-refractivity contribution in [1.29, 1.82) is 0 Å². The Morgan fingerprint density at radius 2 is 1.71 bits per heavy atom. The second-order valence-electron chi connectivity index (χ2n) is 5.41. The molecule has 0 aliphatic carbocycles. The molecule has 6 heteroatoms. The van der Waals surface area contributed by atoms with Crippen LogP contribution in [-0.4, -0.2) is 21.0 Å². The zero-order valence-electron chi connectivity index (χ0n) is 13.7. The Morgan fingerprint density at radius 1 is 1.08 bits per heavy atom. The van der Waals surface area contributed by atoms with Gasteiger partial charge in [-0.1, -0.05) is 48.0 Å². The summed E-state index contributed by atoms with van der Waals surface area (Å²) in [6.07, 6.45) is -0.0665. The van der Waals surface area contributed by atoms with Crippen LogP contribution < -0.4 is 4.72 Å². The number of carbonyl (C=O) groups is 1. The fourth-order valence-corrected chi connectivity index (χ4v) is 3.51. The van der Waals surface area contributed by atoms with Gasteiger partial charge in [0.1, 0.15) is 0 Å². The van der Waals surface area contributed by atoms with Gasteiger partial charge in [-0.05, 0) is 31.5 Å². The molecule has 0 spiro atoms. The molecule has 0 fully saturated rings. The third kappa shape index (κ3) is 4.91. The molecule has 0 heterocycles. The fourth-order valence-electron chi connectivity index (χ4n) is 2.27. The lowest BCUT2D eigenvalue weighted by Crippen LogP contribution is -2.30. The monoisotopic (exact) mass is 347 g/mol. The van der Waals surface area contributed by atoms with Gasteiger partial charge in [-0.15, -0.1) is 0 Å². The number of ether oxygens (including phenoxy) is 1. The van der Waals surface area contributed by atoms with Crippen LogP contribution in [0.3, 0.4) is 0 Å². The minimum atomic E-state index is -3.74. The van der Waals surface area contributed by atoms with Gasteiger partial charge in [-0.2, -0.15) is 0 Å². The summed E-state index contributed by atoms with van der Waals surface area (Å²) in [5, 5.41) is 0. The Morgan fingerprint density at radius 3 is 2.29 bits per heavy atom. The van der Waals surface area contributed by atoms with E-state index in [9.17, 15) is 13.2 Å². The molecule has 5 nitrogen and oxygen atoms in total. The highest BCUT2D eigenvalue weighted by atomic mass is 32.2. The molecule has 1 atom stereocenters. The molecule has 0 amide bonds. The van der Waals surface area contributed by atoms with Crippen LogP contribution in [-0.2, 0) is 19.6 Å². The molecule has 0 saturated heterocycles. The number of sulfonamides is 1. The van der Waals surface area contributed by atoms with Crippen molar-refractivity contribution in [3.05, 3.63) is 65.7 Å². The number of nitrogens with one attached hydrogen (secondary N) is 1. The van der Waals surface area contributed by atoms with E-state index in [1.54, 1.807) is 25.1 Å². The van der Waals surface area contributed by atoms with E-state index in [2.05, 4.69) is 4.72 Å². The van der Waals surface area contributed by atoms with E-state index in [0.717, 1.165) is 5.56 Å². The average molecular weight is 347 g/mol. The van der Waals surface area contributed by atoms with Crippen molar-refractivity contribution < 1.29 is 17.9 Å². The number of aryl methyl sites for hydroxylation is 1. The third-order valence-electron chi connectivity index (χ3n) is 3.51. The quantitative estimate of drug-likeness (QED) is 0.782. The van der Waals surface area contributed by atoms with E-state index in [1.807, 2.05) is 31.2 Å². The molecule has 2 rings (SSSR count). The van der Waals surface area contributed by atoms with Gasteiger partial charge in [0, 0.05) is 0 Å². The second-order valence-corrected chi connectivity index (χ2v) is 7.12. The van der Waals surface area contributed by atoms with Gasteiger partial charge >= 0.3 is 5.97 Å². The molecule has 0 unspecified atom stereocenters. The van der Waals surface area contributed by atoms with E-state index in [-0.39, 0.29) is 17.9 Å². The van der Waals surface area contributed by atoms with Gasteiger partial charge in [-0.25, -0.2) is 13.1 Å². The summed E-state index contributed by atoms with van der Waals surface area (Å²) in [6, 6.07) is 14.8. The minimum Gasteiger partial charge on any atom is -0.466 e. The van der Waals surface area contributed by atoms with Crippen LogP contribution in [0.2, 0.25) is 0 Å². The van der Waals surface area contributed by atoms with E-state index in [1.165, 1.54) is 12.1 Å². The van der Waals surface area contributed by atoms with Crippen molar-refractivity contribution in [2.45, 2.75) is 31.2 Å². The van der Waals surface area contributed by atoms with Crippen LogP contribution >= 0.6 is 0 Å². The normalized spacial score (nSPS) is 12.6. The van der Waals surface area contributed by atoms with E-state index >= 15 is 0 Å². The van der Waals surface area contributed by atoms with Crippen molar-refractivity contribution in [3.63, 3.8) is 0 Å². The van der Waals surface area contributed by atoms with Crippen LogP contribution in [0.5, 0.6) is 0 Å². The maximum Gasteiger partial charge on any atom is 0.307 e. The molecule has 0 aliphatic heterocycles. The molecule has 0 bridgehead atoms. The number of carbonyl (C=O) groups excluding carboxylic acids is 1. The Balaban J connectivity index is 2.28. The maximum absolute atomic E-state index is 12.6. The third-order valence-corrected chi connectivity index (χ3v) is 4.99. The number of hydrogen-bond acceptors (Lipinski definition) is 4. The number of hydrogen-bond donors (Lipinski definition) is 1. The highest BCUT2D eigenvalue weighted by Gasteiger charge is 2.24. The summed E-state index contributed by atoms with van der Waals surface area (Å²) < 4.78 is 32.7. The summed E-state index contributed by atoms with van der Waals surface area (Å²) in [6.45, 7) is 3.91. The Labute approximate surface area is 142 Å². The molecule has 0 radical (unpaired) electrons. The summed E-state index contributed by atoms with van der Waals surface area (Å²) in [4.78, 5) is 12.0. The zero-order valence-corrected chi connectivity index (χ0v) is 14.5. The minimum absolute atomic E-state index is 0.0665. The molecule has 0 aliphatic rings. The maximum atomic E-state index is 12.6. The predicted molar refractivity (Wildman–Crippen MR) is 91.9 cm³/mol. The van der Waals surface area contributed by atoms with E-state index in [4.69, 9.17) is 4.74 Å². The highest BCUT2D eigenvalue weighted by molar-refractivity contribution is 7.89. The molecule has 0 saturated carbocycles. The van der Waals surface area contributed by atoms with E-state index in [0.29, 0.717) is 5.56 Å². The Hall–Kier alpha value is -2.18. The molecular formula is C18H21NO4S. The van der Waals surface area contributed by atoms with Crippen molar-refractivity contribution in [3.8, 4) is 0 Å². The van der Waals surface area contributed by atoms with Crippen molar-refractivity contribution >= 4 is 16.0 Å². The second kappa shape index (κ2) is 8.08. The largest absolute Gasteiger partial charge is 0.466 e. The standard InChI is InChI=1S/C18H21NO4S/c1-3-23-18(20)13-17(15-11-9-14(2)10-12-15)19-24(21,22)16-7-5-4-6-8-16/h4-12,17,19H,3,13H2,1-2H3/t17-/m0/s1. The summed E-state index contributed by atoms with van der Waals surface area (Å²) in [5.41, 5.74) is 1.77. The number of benzene rings is 2. The molecule has 0 aromatic heterocycles. The van der Waals surface area contributed by atoms with Crippen LogP contribution in [0.4, 0.5) is 0 Å². The molecule has 24 heavy (non-hydrogen) atoms. The van der Waals surface area contributed by atoms with Crippen LogP contribution in [0, 0.1) is 6.92 Å². The van der Waals surface area contributed by atoms with Gasteiger partial charge < -0.3 is 4.74 Å². The lowest BCUT2D eigenvalue weighted by Gasteiger charge is -2.19. The highest BCUT2D eigenvalue weighted by Crippen LogP contribution is 2.21. The molecular weight excluding hydrogens is 326 g/mol. The number of rotatable bonds is 7. The Bertz CT molecular complexity index is 770. The first-order chi connectivity index (χ1) is 11.4. The lowest BCUT2D eigenvalue weighted by molar-refractivity contribution is -0.143. The summed E-state index contributed by atoms with van der Waals surface area (Å²) in [7, 11) is -3.74. The summed E-state index contributed by atoms with van der Waals surface area (Å²) >= 11 is 0. The summed E-state index contributed by atoms with van der Waals surface area (Å²) in [5.74, 6) is -0.446. The van der Waals surface area contributed by atoms with Gasteiger partial charge in [0.25, 0.3) is 0 Å². The Kier molecular flexibility index (Phi) is 6.11. The van der Waals surface area contributed by atoms with Crippen LogP contribution in [0.15, 0.2) is 59.5 Å². The van der Waals surface area contributed by atoms with Gasteiger partial charge in [0.05, 0.1) is 24.0 Å². The van der Waals surface area contributed by atoms with Crippen molar-refractivity contribution in [2.75, 3.05) is 6.61 Å². The first-order valence-electron chi connectivity index (χ1n) is 7.72. The predicted octanol–water partition coefficient (Wildman–Crippen LogP) is 2.97. The van der Waals surface area contributed by atoms with Gasteiger partial charge in [0.15, 0.2) is 0 Å². The SMILES string of the molecule is CCOC(=O)C[C@H](NS(=O)(=O)c1ccccc1)c1ccc(C)cc1.